The first-order chi connectivity index (χ1) is 13.5. The molecule has 28 heavy (non-hydrogen) atoms. The molecule has 2 aromatic heterocycles. The molecule has 0 unspecified atom stereocenters. The Morgan fingerprint density at radius 2 is 1.96 bits per heavy atom. The number of allylic oxidation sites excluding steroid dienone is 1. The lowest BCUT2D eigenvalue weighted by atomic mass is 10.1. The van der Waals surface area contributed by atoms with Crippen molar-refractivity contribution in [2.24, 2.45) is 0 Å². The van der Waals surface area contributed by atoms with E-state index >= 15 is 0 Å². The number of nitro groups is 1. The minimum absolute atomic E-state index is 0.107. The number of nitro benzene ring substituents is 1. The normalized spacial score (nSPS) is 11.3. The van der Waals surface area contributed by atoms with Gasteiger partial charge in [0.05, 0.1) is 16.3 Å². The van der Waals surface area contributed by atoms with Gasteiger partial charge in [-0.25, -0.2) is 4.98 Å². The lowest BCUT2D eigenvalue weighted by Gasteiger charge is -2.01. The summed E-state index contributed by atoms with van der Waals surface area (Å²) in [7, 11) is 0. The van der Waals surface area contributed by atoms with E-state index in [0.717, 1.165) is 27.6 Å². The van der Waals surface area contributed by atoms with Crippen LogP contribution in [0.2, 0.25) is 0 Å². The molecular weight excluding hydrogens is 374 g/mol. The van der Waals surface area contributed by atoms with Crippen LogP contribution in [0, 0.1) is 17.0 Å². The van der Waals surface area contributed by atoms with E-state index in [1.54, 1.807) is 12.1 Å². The van der Waals surface area contributed by atoms with E-state index < -0.39 is 4.92 Å². The third-order valence-corrected chi connectivity index (χ3v) is 5.29. The Morgan fingerprint density at radius 3 is 2.71 bits per heavy atom. The first-order valence-electron chi connectivity index (χ1n) is 8.53. The van der Waals surface area contributed by atoms with Gasteiger partial charge in [0.25, 0.3) is 5.69 Å². The number of imidazole rings is 1. The van der Waals surface area contributed by atoms with Crippen molar-refractivity contribution in [3.63, 3.8) is 0 Å². The fourth-order valence-electron chi connectivity index (χ4n) is 3.01. The van der Waals surface area contributed by atoms with Crippen LogP contribution in [0.4, 0.5) is 5.69 Å². The zero-order valence-corrected chi connectivity index (χ0v) is 15.7. The maximum absolute atomic E-state index is 12.6. The molecule has 0 aliphatic carbocycles. The number of benzene rings is 2. The molecule has 2 heterocycles. The Bertz CT molecular complexity index is 1220. The van der Waals surface area contributed by atoms with Crippen molar-refractivity contribution in [1.82, 2.24) is 9.38 Å². The Hall–Kier alpha value is -3.58. The van der Waals surface area contributed by atoms with Crippen LogP contribution >= 0.6 is 11.3 Å². The SMILES string of the molecule is Cc1csc2nc(-c3ccccc3)c(/C=C/C(=O)c3cccc([N+](=O)[O-])c3)n12. The number of aromatic nitrogens is 2. The second kappa shape index (κ2) is 7.21. The highest BCUT2D eigenvalue weighted by Crippen LogP contribution is 2.29. The van der Waals surface area contributed by atoms with Crippen molar-refractivity contribution in [2.45, 2.75) is 6.92 Å². The zero-order chi connectivity index (χ0) is 19.7. The average Bonchev–Trinajstić information content (AvgIpc) is 3.26. The number of ketones is 1. The van der Waals surface area contributed by atoms with E-state index in [0.29, 0.717) is 0 Å². The molecule has 0 N–H and O–H groups in total. The lowest BCUT2D eigenvalue weighted by Crippen LogP contribution is -1.97. The Balaban J connectivity index is 1.77. The number of carbonyl (C=O) groups excluding carboxylic acids is 1. The number of carbonyl (C=O) groups is 1. The van der Waals surface area contributed by atoms with Crippen LogP contribution in [0.15, 0.2) is 66.1 Å². The highest BCUT2D eigenvalue weighted by atomic mass is 32.1. The molecule has 0 saturated carbocycles. The van der Waals surface area contributed by atoms with Gasteiger partial charge in [0.15, 0.2) is 10.7 Å². The van der Waals surface area contributed by atoms with Gasteiger partial charge in [0.1, 0.15) is 0 Å². The van der Waals surface area contributed by atoms with Crippen molar-refractivity contribution in [1.29, 1.82) is 0 Å². The summed E-state index contributed by atoms with van der Waals surface area (Å²) in [5.41, 5.74) is 3.74. The molecule has 0 fully saturated rings. The average molecular weight is 389 g/mol. The van der Waals surface area contributed by atoms with Crippen molar-refractivity contribution in [3.8, 4) is 11.3 Å². The van der Waals surface area contributed by atoms with Gasteiger partial charge < -0.3 is 0 Å². The van der Waals surface area contributed by atoms with Crippen LogP contribution in [-0.2, 0) is 0 Å². The summed E-state index contributed by atoms with van der Waals surface area (Å²) in [6, 6.07) is 15.5. The van der Waals surface area contributed by atoms with Crippen LogP contribution in [0.5, 0.6) is 0 Å². The van der Waals surface area contributed by atoms with Crippen LogP contribution in [0.3, 0.4) is 0 Å². The van der Waals surface area contributed by atoms with Crippen molar-refractivity contribution < 1.29 is 9.72 Å². The number of hydrogen-bond donors (Lipinski definition) is 0. The molecule has 0 atom stereocenters. The Labute approximate surface area is 164 Å². The molecule has 7 heteroatoms. The quantitative estimate of drug-likeness (QED) is 0.204. The molecule has 0 saturated heterocycles. The lowest BCUT2D eigenvalue weighted by molar-refractivity contribution is -0.384. The van der Waals surface area contributed by atoms with Gasteiger partial charge in [-0.15, -0.1) is 11.3 Å². The van der Waals surface area contributed by atoms with Crippen molar-refractivity contribution in [3.05, 3.63) is 93.1 Å². The topological polar surface area (TPSA) is 77.5 Å². The van der Waals surface area contributed by atoms with Crippen LogP contribution in [-0.4, -0.2) is 20.1 Å². The molecule has 0 bridgehead atoms. The Morgan fingerprint density at radius 1 is 1.18 bits per heavy atom. The van der Waals surface area contributed by atoms with Crippen LogP contribution < -0.4 is 0 Å². The molecule has 2 aromatic carbocycles. The van der Waals surface area contributed by atoms with E-state index in [1.807, 2.05) is 47.0 Å². The van der Waals surface area contributed by atoms with Gasteiger partial charge in [-0.1, -0.05) is 42.5 Å². The van der Waals surface area contributed by atoms with E-state index in [2.05, 4.69) is 0 Å². The fraction of sp³-hybridized carbons (Fsp3) is 0.0476. The van der Waals surface area contributed by atoms with Gasteiger partial charge in [-0.05, 0) is 19.1 Å². The standard InChI is InChI=1S/C21H15N3O3S/c1-14-13-28-21-22-20(15-6-3-2-4-7-15)18(23(14)21)10-11-19(25)16-8-5-9-17(12-16)24(26)27/h2-13H,1H3/b11-10+. The molecule has 0 radical (unpaired) electrons. The van der Waals surface area contributed by atoms with Crippen LogP contribution in [0.25, 0.3) is 22.3 Å². The molecule has 4 rings (SSSR count). The highest BCUT2D eigenvalue weighted by Gasteiger charge is 2.15. The minimum Gasteiger partial charge on any atom is -0.289 e. The van der Waals surface area contributed by atoms with Gasteiger partial charge in [0, 0.05) is 34.3 Å². The number of aryl methyl sites for hydroxylation is 1. The first-order valence-corrected chi connectivity index (χ1v) is 9.41. The zero-order valence-electron chi connectivity index (χ0n) is 14.9. The summed E-state index contributed by atoms with van der Waals surface area (Å²) in [4.78, 5) is 28.6. The van der Waals surface area contributed by atoms with E-state index in [-0.39, 0.29) is 17.0 Å². The summed E-state index contributed by atoms with van der Waals surface area (Å²) in [5.74, 6) is -0.300. The van der Waals surface area contributed by atoms with Gasteiger partial charge in [0.2, 0.25) is 0 Å². The monoisotopic (exact) mass is 389 g/mol. The van der Waals surface area contributed by atoms with Gasteiger partial charge in [-0.3, -0.25) is 19.3 Å². The Kier molecular flexibility index (Phi) is 4.58. The molecule has 138 valence electrons. The molecule has 6 nitrogen and oxygen atoms in total. The third-order valence-electron chi connectivity index (χ3n) is 4.35. The van der Waals surface area contributed by atoms with Gasteiger partial charge in [-0.2, -0.15) is 0 Å². The minimum atomic E-state index is -0.511. The molecule has 0 aliphatic rings. The predicted octanol–water partition coefficient (Wildman–Crippen LogP) is 5.18. The van der Waals surface area contributed by atoms with Gasteiger partial charge >= 0.3 is 0 Å². The predicted molar refractivity (Wildman–Crippen MR) is 110 cm³/mol. The van der Waals surface area contributed by atoms with E-state index in [1.165, 1.54) is 35.6 Å². The largest absolute Gasteiger partial charge is 0.289 e. The number of hydrogen-bond acceptors (Lipinski definition) is 5. The number of thiazole rings is 1. The van der Waals surface area contributed by atoms with E-state index in [9.17, 15) is 14.9 Å². The number of nitrogens with zero attached hydrogens (tertiary/aromatic N) is 3. The third kappa shape index (κ3) is 3.23. The maximum Gasteiger partial charge on any atom is 0.270 e. The number of non-ortho nitro benzene ring substituents is 1. The molecular formula is C21H15N3O3S. The summed E-state index contributed by atoms with van der Waals surface area (Å²) in [6.45, 7) is 1.99. The van der Waals surface area contributed by atoms with Crippen LogP contribution in [0.1, 0.15) is 21.7 Å². The van der Waals surface area contributed by atoms with Crippen molar-refractivity contribution >= 4 is 33.8 Å². The smallest absolute Gasteiger partial charge is 0.270 e. The first kappa shape index (κ1) is 17.8. The second-order valence-corrected chi connectivity index (χ2v) is 7.05. The van der Waals surface area contributed by atoms with Crippen molar-refractivity contribution in [2.75, 3.05) is 0 Å². The molecule has 4 aromatic rings. The molecule has 0 aliphatic heterocycles. The molecule has 0 spiro atoms. The number of rotatable bonds is 5. The molecule has 0 amide bonds. The maximum atomic E-state index is 12.6. The van der Waals surface area contributed by atoms with E-state index in [4.69, 9.17) is 4.98 Å². The fourth-order valence-corrected chi connectivity index (χ4v) is 3.88. The summed E-state index contributed by atoms with van der Waals surface area (Å²) >= 11 is 1.54. The highest BCUT2D eigenvalue weighted by molar-refractivity contribution is 7.15. The summed E-state index contributed by atoms with van der Waals surface area (Å²) < 4.78 is 2.00. The number of fused-ring (bicyclic) bond motifs is 1. The second-order valence-electron chi connectivity index (χ2n) is 6.21. The summed E-state index contributed by atoms with van der Waals surface area (Å²) in [6.07, 6.45) is 3.16. The summed E-state index contributed by atoms with van der Waals surface area (Å²) in [5, 5.41) is 13.0.